The molecule has 0 aliphatic heterocycles. The second kappa shape index (κ2) is 5.33. The maximum absolute atomic E-state index is 13.1. The first-order valence-electron chi connectivity index (χ1n) is 4.80. The Morgan fingerprint density at radius 1 is 1.53 bits per heavy atom. The summed E-state index contributed by atoms with van der Waals surface area (Å²) < 4.78 is 18.3. The van der Waals surface area contributed by atoms with Gasteiger partial charge in [-0.15, -0.1) is 0 Å². The number of ether oxygens (including phenoxy) is 1. The molecule has 1 rings (SSSR count). The first-order valence-corrected chi connectivity index (χ1v) is 5.18. The van der Waals surface area contributed by atoms with Gasteiger partial charge in [-0.25, -0.2) is 4.39 Å². The van der Waals surface area contributed by atoms with Crippen LogP contribution in [0.1, 0.15) is 12.5 Å². The van der Waals surface area contributed by atoms with Gasteiger partial charge in [0, 0.05) is 0 Å². The number of rotatable bonds is 4. The molecule has 0 saturated heterocycles. The molecular weight excluding hydrogens is 217 g/mol. The van der Waals surface area contributed by atoms with Crippen LogP contribution < -0.4 is 10.5 Å². The normalized spacial score (nSPS) is 12.6. The van der Waals surface area contributed by atoms with Crippen LogP contribution in [0.4, 0.5) is 4.39 Å². The van der Waals surface area contributed by atoms with E-state index in [9.17, 15) is 4.39 Å². The third-order valence-electron chi connectivity index (χ3n) is 2.26. The molecule has 1 aromatic carbocycles. The fraction of sp³-hybridized carbons (Fsp3) is 0.455. The van der Waals surface area contributed by atoms with E-state index in [1.54, 1.807) is 0 Å². The lowest BCUT2D eigenvalue weighted by Crippen LogP contribution is -2.13. The Kier molecular flexibility index (Phi) is 4.36. The van der Waals surface area contributed by atoms with Gasteiger partial charge in [0.15, 0.2) is 0 Å². The Balaban J connectivity index is 3.03. The Morgan fingerprint density at radius 2 is 2.20 bits per heavy atom. The second-order valence-electron chi connectivity index (χ2n) is 3.62. The first kappa shape index (κ1) is 12.3. The highest BCUT2D eigenvalue weighted by atomic mass is 35.5. The lowest BCUT2D eigenvalue weighted by atomic mass is 10.0. The van der Waals surface area contributed by atoms with Crippen LogP contribution in [0.15, 0.2) is 12.1 Å². The molecule has 15 heavy (non-hydrogen) atoms. The number of halogens is 2. The van der Waals surface area contributed by atoms with Gasteiger partial charge >= 0.3 is 0 Å². The van der Waals surface area contributed by atoms with Crippen LogP contribution in [0.3, 0.4) is 0 Å². The summed E-state index contributed by atoms with van der Waals surface area (Å²) in [6.07, 6.45) is 0.664. The van der Waals surface area contributed by atoms with Crippen LogP contribution in [0.2, 0.25) is 5.02 Å². The van der Waals surface area contributed by atoms with Gasteiger partial charge in [-0.3, -0.25) is 0 Å². The van der Waals surface area contributed by atoms with Gasteiger partial charge < -0.3 is 10.5 Å². The fourth-order valence-electron chi connectivity index (χ4n) is 1.45. The molecule has 0 fully saturated rings. The van der Waals surface area contributed by atoms with Crippen molar-refractivity contribution in [1.29, 1.82) is 0 Å². The van der Waals surface area contributed by atoms with Crippen LogP contribution in [-0.2, 0) is 6.42 Å². The molecule has 0 radical (unpaired) electrons. The summed E-state index contributed by atoms with van der Waals surface area (Å²) in [7, 11) is 1.52. The molecule has 0 aromatic heterocycles. The largest absolute Gasteiger partial charge is 0.495 e. The van der Waals surface area contributed by atoms with Crippen molar-refractivity contribution >= 4 is 11.6 Å². The van der Waals surface area contributed by atoms with Crippen LogP contribution in [0.25, 0.3) is 0 Å². The van der Waals surface area contributed by atoms with Crippen LogP contribution >= 0.6 is 11.6 Å². The number of hydrogen-bond donors (Lipinski definition) is 1. The summed E-state index contributed by atoms with van der Waals surface area (Å²) in [6.45, 7) is 2.55. The van der Waals surface area contributed by atoms with E-state index in [0.717, 1.165) is 5.56 Å². The average molecular weight is 232 g/mol. The lowest BCUT2D eigenvalue weighted by molar-refractivity contribution is 0.404. The molecule has 0 heterocycles. The van der Waals surface area contributed by atoms with Gasteiger partial charge in [0.25, 0.3) is 0 Å². The lowest BCUT2D eigenvalue weighted by Gasteiger charge is -2.13. The summed E-state index contributed by atoms with van der Waals surface area (Å²) in [5.74, 6) is 0.468. The summed E-state index contributed by atoms with van der Waals surface area (Å²) in [4.78, 5) is 0. The van der Waals surface area contributed by atoms with Gasteiger partial charge in [-0.1, -0.05) is 18.5 Å². The molecule has 0 aliphatic carbocycles. The molecule has 0 spiro atoms. The summed E-state index contributed by atoms with van der Waals surface area (Å²) in [5, 5.41) is 0.303. The number of nitrogens with two attached hydrogens (primary N) is 1. The van der Waals surface area contributed by atoms with E-state index in [1.165, 1.54) is 19.2 Å². The monoisotopic (exact) mass is 231 g/mol. The van der Waals surface area contributed by atoms with E-state index in [2.05, 4.69) is 0 Å². The zero-order valence-corrected chi connectivity index (χ0v) is 9.64. The number of benzene rings is 1. The standard InChI is InChI=1S/C11H15ClFNO/c1-7(6-14)3-8-4-9(13)5-10(12)11(8)15-2/h4-5,7H,3,6,14H2,1-2H3. The summed E-state index contributed by atoms with van der Waals surface area (Å²) in [6, 6.07) is 2.69. The Hall–Kier alpha value is -0.800. The number of methoxy groups -OCH3 is 1. The maximum Gasteiger partial charge on any atom is 0.140 e. The third kappa shape index (κ3) is 3.08. The molecule has 1 aromatic rings. The van der Waals surface area contributed by atoms with Gasteiger partial charge in [-0.05, 0) is 36.6 Å². The minimum absolute atomic E-state index is 0.275. The molecule has 84 valence electrons. The van der Waals surface area contributed by atoms with Crippen molar-refractivity contribution in [2.75, 3.05) is 13.7 Å². The maximum atomic E-state index is 13.1. The Labute approximate surface area is 94.2 Å². The van der Waals surface area contributed by atoms with Gasteiger partial charge in [0.1, 0.15) is 11.6 Å². The minimum atomic E-state index is -0.347. The van der Waals surface area contributed by atoms with E-state index in [4.69, 9.17) is 22.1 Å². The van der Waals surface area contributed by atoms with Gasteiger partial charge in [-0.2, -0.15) is 0 Å². The van der Waals surface area contributed by atoms with E-state index in [0.29, 0.717) is 23.7 Å². The quantitative estimate of drug-likeness (QED) is 0.865. The third-order valence-corrected chi connectivity index (χ3v) is 2.54. The molecule has 0 amide bonds. The minimum Gasteiger partial charge on any atom is -0.495 e. The second-order valence-corrected chi connectivity index (χ2v) is 4.03. The molecule has 1 atom stereocenters. The molecule has 0 aliphatic rings. The van der Waals surface area contributed by atoms with Crippen molar-refractivity contribution in [1.82, 2.24) is 0 Å². The van der Waals surface area contributed by atoms with Crippen LogP contribution in [0.5, 0.6) is 5.75 Å². The van der Waals surface area contributed by atoms with Crippen molar-refractivity contribution < 1.29 is 9.13 Å². The average Bonchev–Trinajstić information content (AvgIpc) is 2.17. The van der Waals surface area contributed by atoms with Crippen molar-refractivity contribution in [2.24, 2.45) is 11.7 Å². The molecule has 2 nitrogen and oxygen atoms in total. The topological polar surface area (TPSA) is 35.2 Å². The first-order chi connectivity index (χ1) is 7.08. The van der Waals surface area contributed by atoms with E-state index < -0.39 is 0 Å². The fourth-order valence-corrected chi connectivity index (χ4v) is 1.76. The molecule has 2 N–H and O–H groups in total. The highest BCUT2D eigenvalue weighted by Gasteiger charge is 2.12. The van der Waals surface area contributed by atoms with E-state index >= 15 is 0 Å². The van der Waals surface area contributed by atoms with Gasteiger partial charge in [0.05, 0.1) is 12.1 Å². The van der Waals surface area contributed by atoms with Crippen molar-refractivity contribution in [3.05, 3.63) is 28.5 Å². The molecular formula is C11H15ClFNO. The van der Waals surface area contributed by atoms with Crippen LogP contribution in [-0.4, -0.2) is 13.7 Å². The van der Waals surface area contributed by atoms with Gasteiger partial charge in [0.2, 0.25) is 0 Å². The zero-order chi connectivity index (χ0) is 11.4. The van der Waals surface area contributed by atoms with Crippen molar-refractivity contribution in [3.63, 3.8) is 0 Å². The molecule has 1 unspecified atom stereocenters. The summed E-state index contributed by atoms with van der Waals surface area (Å²) >= 11 is 5.87. The molecule has 4 heteroatoms. The van der Waals surface area contributed by atoms with Crippen molar-refractivity contribution in [2.45, 2.75) is 13.3 Å². The highest BCUT2D eigenvalue weighted by molar-refractivity contribution is 6.32. The number of hydrogen-bond acceptors (Lipinski definition) is 2. The molecule has 0 saturated carbocycles. The molecule has 0 bridgehead atoms. The van der Waals surface area contributed by atoms with E-state index in [1.807, 2.05) is 6.92 Å². The predicted octanol–water partition coefficient (Wildman–Crippen LogP) is 2.62. The highest BCUT2D eigenvalue weighted by Crippen LogP contribution is 2.31. The Bertz CT molecular complexity index is 344. The summed E-state index contributed by atoms with van der Waals surface area (Å²) in [5.41, 5.74) is 6.28. The SMILES string of the molecule is COc1c(Cl)cc(F)cc1CC(C)CN. The predicted molar refractivity (Wildman–Crippen MR) is 59.9 cm³/mol. The van der Waals surface area contributed by atoms with Crippen molar-refractivity contribution in [3.8, 4) is 5.75 Å². The zero-order valence-electron chi connectivity index (χ0n) is 8.89. The smallest absolute Gasteiger partial charge is 0.140 e. The Morgan fingerprint density at radius 3 is 2.73 bits per heavy atom. The van der Waals surface area contributed by atoms with E-state index in [-0.39, 0.29) is 11.7 Å². The van der Waals surface area contributed by atoms with Crippen LogP contribution in [0, 0.1) is 11.7 Å².